The largest absolute Gasteiger partial charge is 0.328 e. The molecular weight excluding hydrogens is 404 g/mol. The summed E-state index contributed by atoms with van der Waals surface area (Å²) in [5.74, 6) is -1.42. The topological polar surface area (TPSA) is 82.1 Å². The minimum atomic E-state index is -4.21. The lowest BCUT2D eigenvalue weighted by molar-refractivity contribution is -0.379. The lowest BCUT2D eigenvalue weighted by Gasteiger charge is -2.34. The Labute approximate surface area is 186 Å². The molecule has 0 radical (unpaired) electrons. The summed E-state index contributed by atoms with van der Waals surface area (Å²) in [5.41, 5.74) is 0. The van der Waals surface area contributed by atoms with Crippen molar-refractivity contribution in [1.82, 2.24) is 0 Å². The molecule has 0 aromatic rings. The van der Waals surface area contributed by atoms with Crippen molar-refractivity contribution in [2.45, 2.75) is 129 Å². The van der Waals surface area contributed by atoms with Crippen LogP contribution in [0.5, 0.6) is 0 Å². The SMILES string of the molecule is CCCCCCCCCCCCCCC(CC(OCC)(OCC)OCC)S(=O)(=O)O. The third kappa shape index (κ3) is 14.7. The zero-order valence-electron chi connectivity index (χ0n) is 20.0. The van der Waals surface area contributed by atoms with E-state index in [0.29, 0.717) is 26.2 Å². The molecule has 6 nitrogen and oxygen atoms in total. The van der Waals surface area contributed by atoms with Crippen LogP contribution in [-0.4, -0.2) is 44.0 Å². The standard InChI is InChI=1S/C23H48O6S/c1-5-9-10-11-12-13-14-15-16-17-18-19-20-22(30(24,25)26)21-23(27-6-2,28-7-3)29-8-4/h22H,5-21H2,1-4H3,(H,24,25,26). The van der Waals surface area contributed by atoms with Gasteiger partial charge in [0.25, 0.3) is 16.1 Å². The van der Waals surface area contributed by atoms with Crippen LogP contribution in [-0.2, 0) is 24.3 Å². The van der Waals surface area contributed by atoms with E-state index in [1.807, 2.05) is 0 Å². The minimum absolute atomic E-state index is 0.0284. The molecular formula is C23H48O6S. The van der Waals surface area contributed by atoms with Gasteiger partial charge in [0.2, 0.25) is 0 Å². The van der Waals surface area contributed by atoms with E-state index in [0.717, 1.165) is 19.3 Å². The molecule has 1 unspecified atom stereocenters. The van der Waals surface area contributed by atoms with Crippen LogP contribution >= 0.6 is 0 Å². The molecule has 0 fully saturated rings. The van der Waals surface area contributed by atoms with E-state index >= 15 is 0 Å². The van der Waals surface area contributed by atoms with E-state index in [-0.39, 0.29) is 6.42 Å². The number of ether oxygens (including phenoxy) is 3. The molecule has 0 aliphatic heterocycles. The summed E-state index contributed by atoms with van der Waals surface area (Å²) < 4.78 is 50.5. The monoisotopic (exact) mass is 452 g/mol. The van der Waals surface area contributed by atoms with Gasteiger partial charge in [0.1, 0.15) is 0 Å². The molecule has 0 aromatic heterocycles. The van der Waals surface area contributed by atoms with Crippen LogP contribution in [0.4, 0.5) is 0 Å². The van der Waals surface area contributed by atoms with Gasteiger partial charge < -0.3 is 14.2 Å². The first-order valence-electron chi connectivity index (χ1n) is 12.2. The summed E-state index contributed by atoms with van der Waals surface area (Å²) >= 11 is 0. The molecule has 0 heterocycles. The predicted molar refractivity (Wildman–Crippen MR) is 123 cm³/mol. The molecule has 0 aliphatic rings. The molecule has 0 saturated carbocycles. The van der Waals surface area contributed by atoms with Crippen molar-refractivity contribution in [3.63, 3.8) is 0 Å². The maximum absolute atomic E-state index is 11.9. The molecule has 1 N–H and O–H groups in total. The quantitative estimate of drug-likeness (QED) is 0.115. The highest BCUT2D eigenvalue weighted by atomic mass is 32.2. The number of hydrogen-bond acceptors (Lipinski definition) is 5. The highest BCUT2D eigenvalue weighted by molar-refractivity contribution is 7.86. The van der Waals surface area contributed by atoms with Crippen LogP contribution in [0, 0.1) is 0 Å². The molecule has 182 valence electrons. The van der Waals surface area contributed by atoms with Crippen LogP contribution in [0.3, 0.4) is 0 Å². The van der Waals surface area contributed by atoms with Gasteiger partial charge in [-0.25, -0.2) is 0 Å². The zero-order valence-corrected chi connectivity index (χ0v) is 20.8. The van der Waals surface area contributed by atoms with Crippen molar-refractivity contribution in [2.24, 2.45) is 0 Å². The average molecular weight is 453 g/mol. The molecule has 7 heteroatoms. The van der Waals surface area contributed by atoms with Crippen molar-refractivity contribution >= 4 is 10.1 Å². The molecule has 0 bridgehead atoms. The van der Waals surface area contributed by atoms with Gasteiger partial charge in [-0.15, -0.1) is 0 Å². The van der Waals surface area contributed by atoms with Gasteiger partial charge in [0.05, 0.1) is 5.25 Å². The Morgan fingerprint density at radius 3 is 1.37 bits per heavy atom. The molecule has 30 heavy (non-hydrogen) atoms. The van der Waals surface area contributed by atoms with Crippen molar-refractivity contribution in [3.05, 3.63) is 0 Å². The fraction of sp³-hybridized carbons (Fsp3) is 1.00. The summed E-state index contributed by atoms with van der Waals surface area (Å²) in [6.07, 6.45) is 14.9. The Hall–Kier alpha value is -0.210. The predicted octanol–water partition coefficient (Wildman–Crippen LogP) is 6.49. The van der Waals surface area contributed by atoms with E-state index in [1.54, 1.807) is 20.8 Å². The van der Waals surface area contributed by atoms with Crippen molar-refractivity contribution < 1.29 is 27.2 Å². The smallest absolute Gasteiger partial charge is 0.284 e. The van der Waals surface area contributed by atoms with Crippen molar-refractivity contribution in [2.75, 3.05) is 19.8 Å². The maximum atomic E-state index is 11.9. The fourth-order valence-electron chi connectivity index (χ4n) is 3.81. The summed E-state index contributed by atoms with van der Waals surface area (Å²) in [6, 6.07) is 0. The van der Waals surface area contributed by atoms with Crippen LogP contribution in [0.25, 0.3) is 0 Å². The number of rotatable bonds is 22. The highest BCUT2D eigenvalue weighted by Gasteiger charge is 2.40. The molecule has 0 saturated heterocycles. The van der Waals surface area contributed by atoms with Gasteiger partial charge in [-0.1, -0.05) is 84.0 Å². The van der Waals surface area contributed by atoms with E-state index < -0.39 is 21.3 Å². The maximum Gasteiger partial charge on any atom is 0.284 e. The first-order chi connectivity index (χ1) is 14.3. The van der Waals surface area contributed by atoms with Gasteiger partial charge in [0.15, 0.2) is 0 Å². The summed E-state index contributed by atoms with van der Waals surface area (Å²) in [6.45, 7) is 8.65. The molecule has 0 aromatic carbocycles. The minimum Gasteiger partial charge on any atom is -0.328 e. The van der Waals surface area contributed by atoms with E-state index in [4.69, 9.17) is 14.2 Å². The Morgan fingerprint density at radius 2 is 1.03 bits per heavy atom. The van der Waals surface area contributed by atoms with Crippen LogP contribution in [0.15, 0.2) is 0 Å². The number of hydrogen-bond donors (Lipinski definition) is 1. The van der Waals surface area contributed by atoms with Gasteiger partial charge in [-0.05, 0) is 27.2 Å². The zero-order chi connectivity index (χ0) is 22.7. The first kappa shape index (κ1) is 29.8. The fourth-order valence-corrected chi connectivity index (χ4v) is 4.69. The second kappa shape index (κ2) is 18.4. The van der Waals surface area contributed by atoms with Crippen LogP contribution in [0.1, 0.15) is 118 Å². The van der Waals surface area contributed by atoms with Gasteiger partial charge >= 0.3 is 0 Å². The summed E-state index contributed by atoms with van der Waals surface area (Å²) in [4.78, 5) is 0. The first-order valence-corrected chi connectivity index (χ1v) is 13.7. The third-order valence-electron chi connectivity index (χ3n) is 5.37. The molecule has 1 atom stereocenters. The Morgan fingerprint density at radius 1 is 0.667 bits per heavy atom. The second-order valence-electron chi connectivity index (χ2n) is 8.00. The molecule has 0 aliphatic carbocycles. The van der Waals surface area contributed by atoms with Gasteiger partial charge in [0, 0.05) is 26.2 Å². The van der Waals surface area contributed by atoms with Crippen molar-refractivity contribution in [3.8, 4) is 0 Å². The number of unbranched alkanes of at least 4 members (excludes halogenated alkanes) is 11. The lowest BCUT2D eigenvalue weighted by atomic mass is 10.0. The van der Waals surface area contributed by atoms with Crippen molar-refractivity contribution in [1.29, 1.82) is 0 Å². The van der Waals surface area contributed by atoms with Crippen LogP contribution in [0.2, 0.25) is 0 Å². The normalized spacial score (nSPS) is 13.6. The molecule has 0 amide bonds. The summed E-state index contributed by atoms with van der Waals surface area (Å²) in [5, 5.41) is -0.953. The Kier molecular flexibility index (Phi) is 18.2. The van der Waals surface area contributed by atoms with Gasteiger partial charge in [-0.3, -0.25) is 4.55 Å². The van der Waals surface area contributed by atoms with E-state index in [2.05, 4.69) is 6.92 Å². The Balaban J connectivity index is 4.28. The van der Waals surface area contributed by atoms with Gasteiger partial charge in [-0.2, -0.15) is 8.42 Å². The molecule has 0 spiro atoms. The Bertz CT molecular complexity index is 463. The average Bonchev–Trinajstić information content (AvgIpc) is 2.68. The van der Waals surface area contributed by atoms with E-state index in [9.17, 15) is 13.0 Å². The third-order valence-corrected chi connectivity index (χ3v) is 6.62. The van der Waals surface area contributed by atoms with Crippen LogP contribution < -0.4 is 0 Å². The lowest BCUT2D eigenvalue weighted by Crippen LogP contribution is -2.44. The molecule has 0 rings (SSSR count). The summed E-state index contributed by atoms with van der Waals surface area (Å²) in [7, 11) is -4.21. The second-order valence-corrected chi connectivity index (χ2v) is 9.70. The van der Waals surface area contributed by atoms with E-state index in [1.165, 1.54) is 57.8 Å². The highest BCUT2D eigenvalue weighted by Crippen LogP contribution is 2.28.